The lowest BCUT2D eigenvalue weighted by Crippen LogP contribution is -2.15. The minimum absolute atomic E-state index is 0.625. The smallest absolute Gasteiger partial charge is 0.145 e. The second kappa shape index (κ2) is 5.90. The van der Waals surface area contributed by atoms with Crippen molar-refractivity contribution in [1.82, 2.24) is 9.66 Å². The van der Waals surface area contributed by atoms with Crippen LogP contribution in [0.5, 0.6) is 0 Å². The number of aromatic nitrogens is 2. The van der Waals surface area contributed by atoms with Gasteiger partial charge in [0.1, 0.15) is 11.6 Å². The predicted molar refractivity (Wildman–Crippen MR) is 67.5 cm³/mol. The topological polar surface area (TPSA) is 69.9 Å². The van der Waals surface area contributed by atoms with E-state index < -0.39 is 0 Å². The summed E-state index contributed by atoms with van der Waals surface area (Å²) in [6.45, 7) is 2.11. The van der Waals surface area contributed by atoms with Gasteiger partial charge in [-0.15, -0.1) is 0 Å². The van der Waals surface area contributed by atoms with Crippen LogP contribution in [0.4, 0.5) is 5.82 Å². The van der Waals surface area contributed by atoms with Gasteiger partial charge in [0, 0.05) is 6.42 Å². The number of nitrogens with zero attached hydrogens (tertiary/aromatic N) is 2. The number of nitrogen functional groups attached to an aromatic ring is 2. The summed E-state index contributed by atoms with van der Waals surface area (Å²) >= 11 is 1.84. The predicted octanol–water partition coefficient (Wildman–Crippen LogP) is 1.43. The van der Waals surface area contributed by atoms with Crippen molar-refractivity contribution in [3.05, 3.63) is 11.5 Å². The summed E-state index contributed by atoms with van der Waals surface area (Å²) in [7, 11) is 0. The van der Waals surface area contributed by atoms with E-state index in [2.05, 4.69) is 18.2 Å². The zero-order chi connectivity index (χ0) is 11.3. The second-order valence-electron chi connectivity index (χ2n) is 3.58. The third-order valence-corrected chi connectivity index (χ3v) is 3.03. The van der Waals surface area contributed by atoms with Crippen LogP contribution < -0.4 is 11.6 Å². The molecular weight excluding hydrogens is 208 g/mol. The molecule has 0 aromatic carbocycles. The summed E-state index contributed by atoms with van der Waals surface area (Å²) in [6.07, 6.45) is 6.07. The van der Waals surface area contributed by atoms with E-state index in [0.717, 1.165) is 43.0 Å². The fraction of sp³-hybridized carbons (Fsp3) is 0.700. The first-order valence-electron chi connectivity index (χ1n) is 5.30. The summed E-state index contributed by atoms with van der Waals surface area (Å²) in [5.41, 5.74) is 6.84. The van der Waals surface area contributed by atoms with Crippen LogP contribution in [0.3, 0.4) is 0 Å². The van der Waals surface area contributed by atoms with Gasteiger partial charge in [-0.05, 0) is 31.3 Å². The molecule has 0 atom stereocenters. The number of rotatable bonds is 6. The van der Waals surface area contributed by atoms with Crippen LogP contribution in [-0.4, -0.2) is 21.7 Å². The van der Waals surface area contributed by atoms with E-state index in [0.29, 0.717) is 5.82 Å². The maximum absolute atomic E-state index is 5.88. The number of hydrogen-bond donors (Lipinski definition) is 2. The molecule has 0 aliphatic carbocycles. The fourth-order valence-electron chi connectivity index (χ4n) is 1.51. The van der Waals surface area contributed by atoms with Gasteiger partial charge in [0.05, 0.1) is 5.69 Å². The average molecular weight is 228 g/mol. The molecule has 0 saturated carbocycles. The molecule has 1 aromatic rings. The minimum atomic E-state index is 0.625. The Kier molecular flexibility index (Phi) is 4.81. The van der Waals surface area contributed by atoms with E-state index in [1.54, 1.807) is 0 Å². The van der Waals surface area contributed by atoms with Crippen LogP contribution in [0, 0.1) is 0 Å². The van der Waals surface area contributed by atoms with Gasteiger partial charge in [-0.3, -0.25) is 0 Å². The summed E-state index contributed by atoms with van der Waals surface area (Å²) < 4.78 is 1.53. The Hall–Kier alpha value is -0.840. The molecule has 5 heteroatoms. The maximum atomic E-state index is 5.88. The summed E-state index contributed by atoms with van der Waals surface area (Å²) in [5, 5.41) is 0. The van der Waals surface area contributed by atoms with E-state index >= 15 is 0 Å². The lowest BCUT2D eigenvalue weighted by Gasteiger charge is -2.00. The van der Waals surface area contributed by atoms with Crippen molar-refractivity contribution in [2.24, 2.45) is 0 Å². The normalized spacial score (nSPS) is 10.8. The van der Waals surface area contributed by atoms with Crippen molar-refractivity contribution < 1.29 is 0 Å². The minimum Gasteiger partial charge on any atom is -0.382 e. The Morgan fingerprint density at radius 2 is 2.13 bits per heavy atom. The molecule has 1 aromatic heterocycles. The molecule has 4 nitrogen and oxygen atoms in total. The van der Waals surface area contributed by atoms with Gasteiger partial charge in [-0.25, -0.2) is 9.66 Å². The third-order valence-electron chi connectivity index (χ3n) is 2.33. The van der Waals surface area contributed by atoms with Gasteiger partial charge in [0.25, 0.3) is 0 Å². The van der Waals surface area contributed by atoms with Crippen LogP contribution >= 0.6 is 11.8 Å². The van der Waals surface area contributed by atoms with Crippen LogP contribution in [0.2, 0.25) is 0 Å². The lowest BCUT2D eigenvalue weighted by atomic mass is 10.2. The molecule has 0 fully saturated rings. The second-order valence-corrected chi connectivity index (χ2v) is 4.56. The molecule has 0 unspecified atom stereocenters. The average Bonchev–Trinajstić information content (AvgIpc) is 2.48. The molecular formula is C10H20N4S. The number of aryl methyl sites for hydroxylation is 2. The molecule has 15 heavy (non-hydrogen) atoms. The fourth-order valence-corrected chi connectivity index (χ4v) is 1.95. The Balaban J connectivity index is 2.67. The van der Waals surface area contributed by atoms with E-state index in [9.17, 15) is 0 Å². The monoisotopic (exact) mass is 228 g/mol. The highest BCUT2D eigenvalue weighted by Crippen LogP contribution is 2.15. The molecule has 0 amide bonds. The van der Waals surface area contributed by atoms with Crippen LogP contribution in [0.15, 0.2) is 0 Å². The molecule has 0 saturated heterocycles. The number of hydrogen-bond acceptors (Lipinski definition) is 4. The van der Waals surface area contributed by atoms with Gasteiger partial charge in [-0.2, -0.15) is 11.8 Å². The molecule has 0 aliphatic heterocycles. The van der Waals surface area contributed by atoms with Gasteiger partial charge < -0.3 is 11.6 Å². The summed E-state index contributed by atoms with van der Waals surface area (Å²) in [5.74, 6) is 8.48. The van der Waals surface area contributed by atoms with E-state index in [4.69, 9.17) is 11.6 Å². The van der Waals surface area contributed by atoms with Crippen LogP contribution in [0.25, 0.3) is 0 Å². The highest BCUT2D eigenvalue weighted by molar-refractivity contribution is 7.98. The number of anilines is 1. The first-order chi connectivity index (χ1) is 7.20. The summed E-state index contributed by atoms with van der Waals surface area (Å²) in [6, 6.07) is 0. The molecule has 0 spiro atoms. The third kappa shape index (κ3) is 3.06. The van der Waals surface area contributed by atoms with E-state index in [1.807, 2.05) is 11.8 Å². The van der Waals surface area contributed by atoms with Crippen molar-refractivity contribution in [2.45, 2.75) is 32.6 Å². The Morgan fingerprint density at radius 1 is 1.40 bits per heavy atom. The summed E-state index contributed by atoms with van der Waals surface area (Å²) in [4.78, 5) is 4.47. The maximum Gasteiger partial charge on any atom is 0.145 e. The SMILES string of the molecule is CCCc1nc(CCCSC)c(N)n1N. The van der Waals surface area contributed by atoms with Gasteiger partial charge in [0.15, 0.2) is 0 Å². The van der Waals surface area contributed by atoms with Crippen molar-refractivity contribution in [1.29, 1.82) is 0 Å². The molecule has 1 heterocycles. The largest absolute Gasteiger partial charge is 0.382 e. The number of thioether (sulfide) groups is 1. The molecule has 0 radical (unpaired) electrons. The Morgan fingerprint density at radius 3 is 2.73 bits per heavy atom. The van der Waals surface area contributed by atoms with Crippen LogP contribution in [-0.2, 0) is 12.8 Å². The first-order valence-corrected chi connectivity index (χ1v) is 6.70. The molecule has 1 rings (SSSR count). The van der Waals surface area contributed by atoms with Crippen LogP contribution in [0.1, 0.15) is 31.3 Å². The van der Waals surface area contributed by atoms with Crippen molar-refractivity contribution in [3.8, 4) is 0 Å². The highest BCUT2D eigenvalue weighted by Gasteiger charge is 2.11. The quantitative estimate of drug-likeness (QED) is 0.571. The molecule has 86 valence electrons. The van der Waals surface area contributed by atoms with Gasteiger partial charge in [0.2, 0.25) is 0 Å². The lowest BCUT2D eigenvalue weighted by molar-refractivity contribution is 0.790. The standard InChI is InChI=1S/C10H20N4S/c1-3-5-9-13-8(6-4-7-15-2)10(11)14(9)12/h3-7,11-12H2,1-2H3. The molecule has 4 N–H and O–H groups in total. The molecule has 0 aliphatic rings. The van der Waals surface area contributed by atoms with Crippen molar-refractivity contribution >= 4 is 17.6 Å². The number of nitrogens with two attached hydrogens (primary N) is 2. The van der Waals surface area contributed by atoms with Gasteiger partial charge in [-0.1, -0.05) is 6.92 Å². The van der Waals surface area contributed by atoms with E-state index in [-0.39, 0.29) is 0 Å². The Labute approximate surface area is 95.4 Å². The Bertz CT molecular complexity index is 309. The number of imidazole rings is 1. The van der Waals surface area contributed by atoms with E-state index in [1.165, 1.54) is 4.68 Å². The van der Waals surface area contributed by atoms with Gasteiger partial charge >= 0.3 is 0 Å². The van der Waals surface area contributed by atoms with Crippen molar-refractivity contribution in [2.75, 3.05) is 23.6 Å². The first kappa shape index (κ1) is 12.2. The zero-order valence-electron chi connectivity index (χ0n) is 9.49. The molecule has 0 bridgehead atoms. The highest BCUT2D eigenvalue weighted by atomic mass is 32.2. The zero-order valence-corrected chi connectivity index (χ0v) is 10.3. The van der Waals surface area contributed by atoms with Crippen molar-refractivity contribution in [3.63, 3.8) is 0 Å².